The number of ether oxygens (including phenoxy) is 2. The fraction of sp³-hybridized carbons (Fsp3) is 0.800. The molecular weight excluding hydrogens is 312 g/mol. The maximum atomic E-state index is 5.38. The molecule has 0 amide bonds. The Morgan fingerprint density at radius 3 is 1.50 bits per heavy atom. The molecule has 0 aliphatic carbocycles. The first kappa shape index (κ1) is 14.6. The summed E-state index contributed by atoms with van der Waals surface area (Å²) in [7, 11) is 0. The first-order valence-electron chi connectivity index (χ1n) is 4.90. The van der Waals surface area contributed by atoms with E-state index in [2.05, 4.69) is 45.7 Å². The lowest BCUT2D eigenvalue weighted by atomic mass is 10.5. The van der Waals surface area contributed by atoms with E-state index in [-0.39, 0.29) is 0 Å². The largest absolute Gasteiger partial charge is 0.376 e. The second-order valence-corrected chi connectivity index (χ2v) is 4.83. The molecule has 0 aliphatic rings. The average Bonchev–Trinajstić information content (AvgIpc) is 2.18. The van der Waals surface area contributed by atoms with Crippen LogP contribution in [0.4, 0.5) is 0 Å². The van der Waals surface area contributed by atoms with E-state index in [1.807, 2.05) is 0 Å². The molecule has 0 radical (unpaired) electrons. The third-order valence-electron chi connectivity index (χ3n) is 1.45. The molecule has 0 spiro atoms. The van der Waals surface area contributed by atoms with Gasteiger partial charge in [0.05, 0.1) is 13.2 Å². The monoisotopic (exact) mass is 328 g/mol. The molecule has 0 aromatic rings. The van der Waals surface area contributed by atoms with Crippen LogP contribution in [-0.4, -0.2) is 26.4 Å². The molecule has 0 rings (SSSR count). The Morgan fingerprint density at radius 1 is 0.857 bits per heavy atom. The minimum absolute atomic E-state index is 0.615. The van der Waals surface area contributed by atoms with Gasteiger partial charge < -0.3 is 9.47 Å². The minimum atomic E-state index is 0.615. The van der Waals surface area contributed by atoms with Gasteiger partial charge in [-0.15, -0.1) is 0 Å². The maximum Gasteiger partial charge on any atom is 0.0790 e. The maximum absolute atomic E-state index is 5.38. The van der Waals surface area contributed by atoms with Crippen molar-refractivity contribution in [1.82, 2.24) is 0 Å². The third-order valence-corrected chi connectivity index (χ3v) is 3.40. The summed E-state index contributed by atoms with van der Waals surface area (Å²) < 4.78 is 12.8. The standard InChI is InChI=1S/C10H18Br2O2/c1-3-5-13-7-9(11)10(12)8-14-6-4-2/h3-8H2,1-2H3/b10-9+. The summed E-state index contributed by atoms with van der Waals surface area (Å²) >= 11 is 6.91. The molecule has 0 heterocycles. The van der Waals surface area contributed by atoms with Crippen LogP contribution in [0.3, 0.4) is 0 Å². The van der Waals surface area contributed by atoms with Gasteiger partial charge in [-0.3, -0.25) is 0 Å². The highest BCUT2D eigenvalue weighted by molar-refractivity contribution is 9.14. The summed E-state index contributed by atoms with van der Waals surface area (Å²) in [6.07, 6.45) is 2.09. The van der Waals surface area contributed by atoms with Crippen LogP contribution in [0.2, 0.25) is 0 Å². The Morgan fingerprint density at radius 2 is 1.21 bits per heavy atom. The zero-order chi connectivity index (χ0) is 10.8. The summed E-state index contributed by atoms with van der Waals surface area (Å²) in [4.78, 5) is 0. The number of hydrogen-bond acceptors (Lipinski definition) is 2. The zero-order valence-corrected chi connectivity index (χ0v) is 12.0. The summed E-state index contributed by atoms with van der Waals surface area (Å²) in [6, 6.07) is 0. The van der Waals surface area contributed by atoms with E-state index < -0.39 is 0 Å². The Bertz CT molecular complexity index is 152. The lowest BCUT2D eigenvalue weighted by Crippen LogP contribution is -2.01. The molecule has 14 heavy (non-hydrogen) atoms. The van der Waals surface area contributed by atoms with Crippen LogP contribution >= 0.6 is 31.9 Å². The van der Waals surface area contributed by atoms with Gasteiger partial charge in [-0.05, 0) is 12.8 Å². The molecule has 0 bridgehead atoms. The smallest absolute Gasteiger partial charge is 0.0790 e. The predicted molar refractivity (Wildman–Crippen MR) is 67.1 cm³/mol. The Balaban J connectivity index is 3.66. The molecule has 0 atom stereocenters. The molecule has 0 aliphatic heterocycles. The van der Waals surface area contributed by atoms with Crippen molar-refractivity contribution >= 4 is 31.9 Å². The molecule has 2 nitrogen and oxygen atoms in total. The fourth-order valence-corrected chi connectivity index (χ4v) is 1.32. The summed E-state index contributed by atoms with van der Waals surface area (Å²) in [5.74, 6) is 0. The summed E-state index contributed by atoms with van der Waals surface area (Å²) in [6.45, 7) is 7.01. The molecule has 0 aromatic heterocycles. The van der Waals surface area contributed by atoms with E-state index >= 15 is 0 Å². The Labute approximate surface area is 103 Å². The van der Waals surface area contributed by atoms with E-state index in [1.165, 1.54) is 0 Å². The molecule has 0 fully saturated rings. The van der Waals surface area contributed by atoms with E-state index in [9.17, 15) is 0 Å². The SMILES string of the molecule is CCCOC/C(Br)=C(\Br)COCCC. The van der Waals surface area contributed by atoms with E-state index in [4.69, 9.17) is 9.47 Å². The van der Waals surface area contributed by atoms with Crippen molar-refractivity contribution in [2.75, 3.05) is 26.4 Å². The summed E-state index contributed by atoms with van der Waals surface area (Å²) in [5, 5.41) is 0. The molecule has 0 saturated heterocycles. The third kappa shape index (κ3) is 7.97. The number of hydrogen-bond donors (Lipinski definition) is 0. The highest BCUT2D eigenvalue weighted by Crippen LogP contribution is 2.18. The van der Waals surface area contributed by atoms with Gasteiger partial charge in [0.2, 0.25) is 0 Å². The molecule has 84 valence electrons. The van der Waals surface area contributed by atoms with Crippen molar-refractivity contribution in [3.63, 3.8) is 0 Å². The molecular formula is C10H18Br2O2. The first-order chi connectivity index (χ1) is 6.72. The van der Waals surface area contributed by atoms with Crippen LogP contribution in [0, 0.1) is 0 Å². The second-order valence-electron chi connectivity index (χ2n) is 2.91. The predicted octanol–water partition coefficient (Wildman–Crippen LogP) is 3.84. The van der Waals surface area contributed by atoms with Crippen LogP contribution in [0.15, 0.2) is 8.96 Å². The lowest BCUT2D eigenvalue weighted by molar-refractivity contribution is 0.152. The van der Waals surface area contributed by atoms with Crippen molar-refractivity contribution in [3.05, 3.63) is 8.96 Å². The van der Waals surface area contributed by atoms with Gasteiger partial charge in [0, 0.05) is 22.2 Å². The zero-order valence-electron chi connectivity index (χ0n) is 8.82. The molecule has 0 saturated carbocycles. The van der Waals surface area contributed by atoms with Crippen LogP contribution in [0.25, 0.3) is 0 Å². The lowest BCUT2D eigenvalue weighted by Gasteiger charge is -2.06. The highest BCUT2D eigenvalue weighted by atomic mass is 79.9. The summed E-state index contributed by atoms with van der Waals surface area (Å²) in [5.41, 5.74) is 0. The first-order valence-corrected chi connectivity index (χ1v) is 6.49. The Hall–Kier alpha value is 0.620. The van der Waals surface area contributed by atoms with Crippen molar-refractivity contribution in [2.24, 2.45) is 0 Å². The normalized spacial score (nSPS) is 12.9. The van der Waals surface area contributed by atoms with Gasteiger partial charge >= 0.3 is 0 Å². The van der Waals surface area contributed by atoms with Gasteiger partial charge in [-0.25, -0.2) is 0 Å². The van der Waals surface area contributed by atoms with Crippen molar-refractivity contribution in [3.8, 4) is 0 Å². The molecule has 0 aromatic carbocycles. The number of rotatable bonds is 8. The average molecular weight is 330 g/mol. The topological polar surface area (TPSA) is 18.5 Å². The number of halogens is 2. The van der Waals surface area contributed by atoms with Gasteiger partial charge in [-0.1, -0.05) is 45.7 Å². The van der Waals surface area contributed by atoms with E-state index in [0.29, 0.717) is 13.2 Å². The van der Waals surface area contributed by atoms with Crippen molar-refractivity contribution in [1.29, 1.82) is 0 Å². The van der Waals surface area contributed by atoms with Crippen LogP contribution < -0.4 is 0 Å². The quantitative estimate of drug-likeness (QED) is 0.630. The van der Waals surface area contributed by atoms with Gasteiger partial charge in [0.25, 0.3) is 0 Å². The van der Waals surface area contributed by atoms with Crippen LogP contribution in [0.5, 0.6) is 0 Å². The second kappa shape index (κ2) is 10.1. The molecule has 4 heteroatoms. The van der Waals surface area contributed by atoms with Gasteiger partial charge in [-0.2, -0.15) is 0 Å². The Kier molecular flexibility index (Phi) is 10.6. The molecule has 0 unspecified atom stereocenters. The van der Waals surface area contributed by atoms with Crippen LogP contribution in [0.1, 0.15) is 26.7 Å². The van der Waals surface area contributed by atoms with Crippen LogP contribution in [-0.2, 0) is 9.47 Å². The van der Waals surface area contributed by atoms with Gasteiger partial charge in [0.15, 0.2) is 0 Å². The van der Waals surface area contributed by atoms with Crippen molar-refractivity contribution in [2.45, 2.75) is 26.7 Å². The van der Waals surface area contributed by atoms with Gasteiger partial charge in [0.1, 0.15) is 0 Å². The highest BCUT2D eigenvalue weighted by Gasteiger charge is 2.01. The minimum Gasteiger partial charge on any atom is -0.376 e. The fourth-order valence-electron chi connectivity index (χ4n) is 0.769. The molecule has 0 N–H and O–H groups in total. The van der Waals surface area contributed by atoms with E-state index in [1.54, 1.807) is 0 Å². The van der Waals surface area contributed by atoms with Crippen molar-refractivity contribution < 1.29 is 9.47 Å². The van der Waals surface area contributed by atoms with E-state index in [0.717, 1.165) is 35.0 Å².